The summed E-state index contributed by atoms with van der Waals surface area (Å²) >= 11 is 4.94. The van der Waals surface area contributed by atoms with Gasteiger partial charge in [-0.1, -0.05) is 34.2 Å². The highest BCUT2D eigenvalue weighted by molar-refractivity contribution is 9.10. The van der Waals surface area contributed by atoms with Crippen LogP contribution in [0.4, 0.5) is 0 Å². The van der Waals surface area contributed by atoms with Crippen LogP contribution in [0, 0.1) is 0 Å². The molecule has 0 aliphatic heterocycles. The molecule has 0 spiro atoms. The Morgan fingerprint density at radius 2 is 1.66 bits per heavy atom. The van der Waals surface area contributed by atoms with Gasteiger partial charge in [0.05, 0.1) is 0 Å². The fourth-order valence-electron chi connectivity index (χ4n) is 2.61. The second-order valence-corrected chi connectivity index (χ2v) is 8.76. The first-order valence-electron chi connectivity index (χ1n) is 10.4. The summed E-state index contributed by atoms with van der Waals surface area (Å²) in [6, 6.07) is 13.0. The van der Waals surface area contributed by atoms with Crippen molar-refractivity contribution in [2.45, 2.75) is 4.90 Å². The van der Waals surface area contributed by atoms with E-state index in [4.69, 9.17) is 14.9 Å². The number of ketones is 1. The summed E-state index contributed by atoms with van der Waals surface area (Å²) in [5, 5.41) is 15.6. The van der Waals surface area contributed by atoms with Crippen molar-refractivity contribution in [3.8, 4) is 5.75 Å². The lowest BCUT2D eigenvalue weighted by Crippen LogP contribution is -2.17. The summed E-state index contributed by atoms with van der Waals surface area (Å²) in [7, 11) is 2.04. The highest BCUT2D eigenvalue weighted by Gasteiger charge is 2.14. The third-order valence-corrected chi connectivity index (χ3v) is 5.57. The molecular formula is C26H28BrNO6S. The number of rotatable bonds is 12. The number of carbonyl (C=O) groups is 3. The minimum Gasteiger partial charge on any atom is -0.490 e. The van der Waals surface area contributed by atoms with Crippen molar-refractivity contribution in [1.29, 1.82) is 0 Å². The fourth-order valence-corrected chi connectivity index (χ4v) is 3.49. The van der Waals surface area contributed by atoms with Gasteiger partial charge in [0.1, 0.15) is 12.4 Å². The molecule has 2 rings (SSSR count). The number of hydrogen-bond acceptors (Lipinski definition) is 6. The van der Waals surface area contributed by atoms with E-state index < -0.39 is 11.9 Å². The van der Waals surface area contributed by atoms with Gasteiger partial charge in [0.25, 0.3) is 0 Å². The summed E-state index contributed by atoms with van der Waals surface area (Å²) in [6.07, 6.45) is 9.03. The summed E-state index contributed by atoms with van der Waals surface area (Å²) in [4.78, 5) is 34.9. The van der Waals surface area contributed by atoms with Gasteiger partial charge in [-0.3, -0.25) is 9.69 Å². The molecule has 0 fully saturated rings. The van der Waals surface area contributed by atoms with Crippen LogP contribution in [0.2, 0.25) is 0 Å². The first kappa shape index (κ1) is 29.9. The van der Waals surface area contributed by atoms with E-state index in [-0.39, 0.29) is 5.78 Å². The summed E-state index contributed by atoms with van der Waals surface area (Å²) in [5.41, 5.74) is 1.37. The number of benzene rings is 2. The number of carboxylic acids is 2. The van der Waals surface area contributed by atoms with Crippen molar-refractivity contribution >= 4 is 45.4 Å². The molecule has 2 aromatic rings. The zero-order chi connectivity index (χ0) is 26.2. The van der Waals surface area contributed by atoms with Gasteiger partial charge in [0.15, 0.2) is 5.78 Å². The number of ether oxygens (including phenoxy) is 1. The molecule has 0 heterocycles. The van der Waals surface area contributed by atoms with E-state index in [1.165, 1.54) is 0 Å². The predicted molar refractivity (Wildman–Crippen MR) is 143 cm³/mol. The van der Waals surface area contributed by atoms with Crippen LogP contribution in [0.3, 0.4) is 0 Å². The Morgan fingerprint density at radius 3 is 2.20 bits per heavy atom. The van der Waals surface area contributed by atoms with E-state index in [1.54, 1.807) is 11.8 Å². The van der Waals surface area contributed by atoms with E-state index in [1.807, 2.05) is 67.9 Å². The van der Waals surface area contributed by atoms with Crippen LogP contribution in [0.15, 0.2) is 88.8 Å². The smallest absolute Gasteiger partial charge is 0.328 e. The number of carbonyl (C=O) groups excluding carboxylic acids is 1. The van der Waals surface area contributed by atoms with Gasteiger partial charge < -0.3 is 14.9 Å². The topological polar surface area (TPSA) is 104 Å². The number of thioether (sulfide) groups is 1. The Morgan fingerprint density at radius 1 is 1.03 bits per heavy atom. The molecule has 0 aromatic heterocycles. The Hall–Kier alpha value is -3.14. The maximum Gasteiger partial charge on any atom is 0.328 e. The zero-order valence-electron chi connectivity index (χ0n) is 19.5. The van der Waals surface area contributed by atoms with Gasteiger partial charge in [0, 0.05) is 45.7 Å². The molecule has 0 amide bonds. The predicted octanol–water partition coefficient (Wildman–Crippen LogP) is 5.17. The molecule has 9 heteroatoms. The summed E-state index contributed by atoms with van der Waals surface area (Å²) in [6.45, 7) is 5.93. The van der Waals surface area contributed by atoms with Crippen LogP contribution in [-0.2, 0) is 9.59 Å². The minimum atomic E-state index is -1.26. The monoisotopic (exact) mass is 561 g/mol. The van der Waals surface area contributed by atoms with Crippen molar-refractivity contribution in [2.75, 3.05) is 33.0 Å². The van der Waals surface area contributed by atoms with E-state index in [0.29, 0.717) is 29.9 Å². The third-order valence-electron chi connectivity index (χ3n) is 4.26. The highest BCUT2D eigenvalue weighted by atomic mass is 79.9. The Kier molecular flexibility index (Phi) is 14.1. The van der Waals surface area contributed by atoms with Gasteiger partial charge in [0.2, 0.25) is 0 Å². The number of carboxylic acid groups (broad SMARTS) is 2. The first-order valence-corrected chi connectivity index (χ1v) is 12.4. The Bertz CT molecular complexity index is 1050. The van der Waals surface area contributed by atoms with Crippen LogP contribution in [0.5, 0.6) is 5.75 Å². The van der Waals surface area contributed by atoms with Gasteiger partial charge in [-0.25, -0.2) is 9.59 Å². The molecule has 0 saturated heterocycles. The largest absolute Gasteiger partial charge is 0.490 e. The molecule has 0 unspecified atom stereocenters. The zero-order valence-corrected chi connectivity index (χ0v) is 21.9. The molecule has 0 saturated carbocycles. The minimum absolute atomic E-state index is 0.0172. The van der Waals surface area contributed by atoms with Gasteiger partial charge >= 0.3 is 11.9 Å². The lowest BCUT2D eigenvalue weighted by molar-refractivity contribution is -0.134. The molecule has 0 aliphatic carbocycles. The second-order valence-electron chi connectivity index (χ2n) is 7.00. The molecule has 35 heavy (non-hydrogen) atoms. The maximum atomic E-state index is 12.8. The summed E-state index contributed by atoms with van der Waals surface area (Å²) < 4.78 is 6.75. The molecule has 186 valence electrons. The van der Waals surface area contributed by atoms with Crippen LogP contribution in [-0.4, -0.2) is 65.8 Å². The number of likely N-dealkylation sites (N-methyl/N-ethyl adjacent to an activating group) is 1. The van der Waals surface area contributed by atoms with Crippen molar-refractivity contribution in [2.24, 2.45) is 0 Å². The Balaban J connectivity index is 0.000000658. The molecular weight excluding hydrogens is 534 g/mol. The third kappa shape index (κ3) is 12.2. The standard InChI is InChI=1S/C22H24BrNO2S.C4H4O4/c1-4-13-24(2)14-5-6-15-26-19-11-12-20(21(16-19)27-3)22(25)17-7-9-18(23)10-8-17;5-3(6)1-2-4(7)8/h4-12,16H,1,13-15H2,2-3H3;1-2H,(H,5,6)(H,7,8)/b6-5+;2-1+. The number of aliphatic carboxylic acids is 2. The van der Waals surface area contributed by atoms with Crippen molar-refractivity contribution in [3.05, 3.63) is 95.0 Å². The van der Waals surface area contributed by atoms with E-state index in [2.05, 4.69) is 33.5 Å². The van der Waals surface area contributed by atoms with Crippen LogP contribution >= 0.6 is 27.7 Å². The SMILES string of the molecule is C=CCN(C)C/C=C/COc1ccc(C(=O)c2ccc(Br)cc2)c(SC)c1.O=C(O)/C=C/C(=O)O. The van der Waals surface area contributed by atoms with Crippen LogP contribution in [0.1, 0.15) is 15.9 Å². The molecule has 7 nitrogen and oxygen atoms in total. The molecule has 2 N–H and O–H groups in total. The Labute approximate surface area is 217 Å². The lowest BCUT2D eigenvalue weighted by atomic mass is 10.0. The quantitative estimate of drug-likeness (QED) is 0.158. The van der Waals surface area contributed by atoms with Crippen molar-refractivity contribution in [1.82, 2.24) is 4.90 Å². The van der Waals surface area contributed by atoms with E-state index in [9.17, 15) is 14.4 Å². The van der Waals surface area contributed by atoms with Crippen LogP contribution < -0.4 is 4.74 Å². The highest BCUT2D eigenvalue weighted by Crippen LogP contribution is 2.28. The van der Waals surface area contributed by atoms with Crippen molar-refractivity contribution < 1.29 is 29.3 Å². The average Bonchev–Trinajstić information content (AvgIpc) is 2.83. The van der Waals surface area contributed by atoms with E-state index >= 15 is 0 Å². The molecule has 0 atom stereocenters. The number of halogens is 1. The lowest BCUT2D eigenvalue weighted by Gasteiger charge is -2.11. The van der Waals surface area contributed by atoms with E-state index in [0.717, 1.165) is 28.2 Å². The fraction of sp³-hybridized carbons (Fsp3) is 0.192. The second kappa shape index (κ2) is 16.5. The average molecular weight is 562 g/mol. The summed E-state index contributed by atoms with van der Waals surface area (Å²) in [5.74, 6) is -1.74. The van der Waals surface area contributed by atoms with Crippen molar-refractivity contribution in [3.63, 3.8) is 0 Å². The molecule has 0 bridgehead atoms. The van der Waals surface area contributed by atoms with Gasteiger partial charge in [-0.15, -0.1) is 18.3 Å². The molecule has 0 aliphatic rings. The van der Waals surface area contributed by atoms with Crippen LogP contribution in [0.25, 0.3) is 0 Å². The van der Waals surface area contributed by atoms with Gasteiger partial charge in [-0.2, -0.15) is 0 Å². The number of nitrogens with zero attached hydrogens (tertiary/aromatic N) is 1. The van der Waals surface area contributed by atoms with Gasteiger partial charge in [-0.05, 0) is 55.8 Å². The first-order chi connectivity index (χ1) is 16.7. The molecule has 2 aromatic carbocycles. The number of hydrogen-bond donors (Lipinski definition) is 2. The normalized spacial score (nSPS) is 10.7. The maximum absolute atomic E-state index is 12.8. The molecule has 0 radical (unpaired) electrons.